The first kappa shape index (κ1) is 17.3. The predicted molar refractivity (Wildman–Crippen MR) is 77.9 cm³/mol. The minimum Gasteiger partial charge on any atom is -0.481 e. The summed E-state index contributed by atoms with van der Waals surface area (Å²) in [6.07, 6.45) is 4.45. The fourth-order valence-electron chi connectivity index (χ4n) is 2.00. The Balaban J connectivity index is 2.10. The second kappa shape index (κ2) is 9.20. The van der Waals surface area contributed by atoms with Crippen LogP contribution in [-0.4, -0.2) is 41.6 Å². The lowest BCUT2D eigenvalue weighted by molar-refractivity contribution is -0.137. The third-order valence-electron chi connectivity index (χ3n) is 3.20. The van der Waals surface area contributed by atoms with E-state index in [9.17, 15) is 14.4 Å². The molecule has 1 rings (SSSR count). The summed E-state index contributed by atoms with van der Waals surface area (Å²) in [4.78, 5) is 33.7. The highest BCUT2D eigenvalue weighted by atomic mass is 16.4. The maximum absolute atomic E-state index is 11.6. The van der Waals surface area contributed by atoms with Crippen LogP contribution in [0, 0.1) is 0 Å². The number of carbonyl (C=O) groups excluding carboxylic acids is 2. The Hall–Kier alpha value is -1.79. The lowest BCUT2D eigenvalue weighted by Crippen LogP contribution is -2.43. The van der Waals surface area contributed by atoms with Crippen LogP contribution < -0.4 is 16.0 Å². The summed E-state index contributed by atoms with van der Waals surface area (Å²) < 4.78 is 0. The van der Waals surface area contributed by atoms with Crippen LogP contribution in [-0.2, 0) is 9.59 Å². The zero-order valence-electron chi connectivity index (χ0n) is 12.5. The smallest absolute Gasteiger partial charge is 0.315 e. The standard InChI is InChI=1S/C14H25N3O4/c1-2-4-11(9-13(19)20)17-14(21)15-8-3-5-12(18)16-10-6-7-10/h10-11H,2-9H2,1H3,(H,16,18)(H,19,20)(H2,15,17,21). The van der Waals surface area contributed by atoms with Crippen LogP contribution in [0.2, 0.25) is 0 Å². The molecule has 0 saturated heterocycles. The maximum Gasteiger partial charge on any atom is 0.315 e. The first-order valence-corrected chi connectivity index (χ1v) is 7.56. The average Bonchev–Trinajstić information content (AvgIpc) is 3.18. The predicted octanol–water partition coefficient (Wildman–Crippen LogP) is 0.988. The summed E-state index contributed by atoms with van der Waals surface area (Å²) in [6, 6.07) is -0.373. The largest absolute Gasteiger partial charge is 0.481 e. The van der Waals surface area contributed by atoms with Gasteiger partial charge in [0, 0.05) is 25.0 Å². The normalized spacial score (nSPS) is 15.1. The van der Waals surface area contributed by atoms with E-state index in [2.05, 4.69) is 16.0 Å². The molecule has 0 radical (unpaired) electrons. The monoisotopic (exact) mass is 299 g/mol. The summed E-state index contributed by atoms with van der Waals surface area (Å²) in [5.41, 5.74) is 0. The topological polar surface area (TPSA) is 108 Å². The summed E-state index contributed by atoms with van der Waals surface area (Å²) in [5.74, 6) is -0.903. The Morgan fingerprint density at radius 3 is 2.57 bits per heavy atom. The Kier molecular flexibility index (Phi) is 7.56. The van der Waals surface area contributed by atoms with Crippen molar-refractivity contribution in [3.63, 3.8) is 0 Å². The van der Waals surface area contributed by atoms with Crippen molar-refractivity contribution >= 4 is 17.9 Å². The maximum atomic E-state index is 11.6. The van der Waals surface area contributed by atoms with Gasteiger partial charge in [0.25, 0.3) is 0 Å². The molecule has 21 heavy (non-hydrogen) atoms. The highest BCUT2D eigenvalue weighted by Crippen LogP contribution is 2.18. The van der Waals surface area contributed by atoms with Gasteiger partial charge in [0.1, 0.15) is 0 Å². The lowest BCUT2D eigenvalue weighted by atomic mass is 10.1. The molecule has 3 amide bonds. The number of carboxylic acid groups (broad SMARTS) is 1. The Labute approximate surface area is 124 Å². The van der Waals surface area contributed by atoms with Gasteiger partial charge in [0.15, 0.2) is 0 Å². The van der Waals surface area contributed by atoms with E-state index in [0.717, 1.165) is 19.3 Å². The van der Waals surface area contributed by atoms with Crippen molar-refractivity contribution in [2.45, 2.75) is 64.0 Å². The highest BCUT2D eigenvalue weighted by molar-refractivity contribution is 5.77. The van der Waals surface area contributed by atoms with Gasteiger partial charge in [-0.05, 0) is 25.7 Å². The summed E-state index contributed by atoms with van der Waals surface area (Å²) >= 11 is 0. The van der Waals surface area contributed by atoms with Gasteiger partial charge in [0.05, 0.1) is 6.42 Å². The molecule has 120 valence electrons. The van der Waals surface area contributed by atoms with Crippen LogP contribution in [0.25, 0.3) is 0 Å². The molecule has 0 aromatic rings. The molecular weight excluding hydrogens is 274 g/mol. The summed E-state index contributed by atoms with van der Waals surface area (Å²) in [6.45, 7) is 2.34. The van der Waals surface area contributed by atoms with E-state index in [4.69, 9.17) is 5.11 Å². The van der Waals surface area contributed by atoms with Crippen molar-refractivity contribution in [2.24, 2.45) is 0 Å². The van der Waals surface area contributed by atoms with E-state index in [0.29, 0.717) is 31.8 Å². The number of carbonyl (C=O) groups is 3. The van der Waals surface area contributed by atoms with Gasteiger partial charge in [-0.2, -0.15) is 0 Å². The van der Waals surface area contributed by atoms with Crippen LogP contribution in [0.3, 0.4) is 0 Å². The summed E-state index contributed by atoms with van der Waals surface area (Å²) in [5, 5.41) is 16.9. The van der Waals surface area contributed by atoms with Crippen LogP contribution >= 0.6 is 0 Å². The van der Waals surface area contributed by atoms with Gasteiger partial charge in [-0.25, -0.2) is 4.79 Å². The van der Waals surface area contributed by atoms with E-state index in [1.807, 2.05) is 6.92 Å². The third-order valence-corrected chi connectivity index (χ3v) is 3.20. The Bertz CT molecular complexity index is 369. The van der Waals surface area contributed by atoms with Gasteiger partial charge in [-0.15, -0.1) is 0 Å². The number of hydrogen-bond donors (Lipinski definition) is 4. The molecule has 1 aliphatic rings. The number of rotatable bonds is 10. The number of nitrogens with one attached hydrogen (secondary N) is 3. The zero-order valence-corrected chi connectivity index (χ0v) is 12.5. The Morgan fingerprint density at radius 1 is 1.29 bits per heavy atom. The number of hydrogen-bond acceptors (Lipinski definition) is 3. The van der Waals surface area contributed by atoms with E-state index in [-0.39, 0.29) is 24.4 Å². The minimum atomic E-state index is -0.925. The van der Waals surface area contributed by atoms with Gasteiger partial charge >= 0.3 is 12.0 Å². The molecule has 0 aliphatic heterocycles. The quantitative estimate of drug-likeness (QED) is 0.451. The number of carboxylic acids is 1. The molecule has 1 saturated carbocycles. The van der Waals surface area contributed by atoms with Gasteiger partial charge in [-0.3, -0.25) is 9.59 Å². The number of urea groups is 1. The molecule has 0 spiro atoms. The number of aliphatic carboxylic acids is 1. The van der Waals surface area contributed by atoms with Crippen molar-refractivity contribution in [1.29, 1.82) is 0 Å². The lowest BCUT2D eigenvalue weighted by Gasteiger charge is -2.16. The average molecular weight is 299 g/mol. The van der Waals surface area contributed by atoms with Crippen molar-refractivity contribution in [3.8, 4) is 0 Å². The third kappa shape index (κ3) is 8.88. The van der Waals surface area contributed by atoms with Crippen molar-refractivity contribution in [3.05, 3.63) is 0 Å². The van der Waals surface area contributed by atoms with Crippen molar-refractivity contribution in [2.75, 3.05) is 6.54 Å². The SMILES string of the molecule is CCCC(CC(=O)O)NC(=O)NCCCC(=O)NC1CC1. The van der Waals surface area contributed by atoms with Gasteiger partial charge in [-0.1, -0.05) is 13.3 Å². The molecular formula is C14H25N3O4. The molecule has 0 aromatic heterocycles. The first-order valence-electron chi connectivity index (χ1n) is 7.56. The second-order valence-corrected chi connectivity index (χ2v) is 5.43. The summed E-state index contributed by atoms with van der Waals surface area (Å²) in [7, 11) is 0. The number of amides is 3. The molecule has 4 N–H and O–H groups in total. The van der Waals surface area contributed by atoms with Gasteiger partial charge in [0.2, 0.25) is 5.91 Å². The molecule has 0 bridgehead atoms. The van der Waals surface area contributed by atoms with Crippen LogP contribution in [0.4, 0.5) is 4.79 Å². The van der Waals surface area contributed by atoms with Crippen LogP contribution in [0.15, 0.2) is 0 Å². The molecule has 7 nitrogen and oxygen atoms in total. The van der Waals surface area contributed by atoms with Crippen LogP contribution in [0.5, 0.6) is 0 Å². The van der Waals surface area contributed by atoms with E-state index in [1.165, 1.54) is 0 Å². The Morgan fingerprint density at radius 2 is 2.00 bits per heavy atom. The van der Waals surface area contributed by atoms with E-state index in [1.54, 1.807) is 0 Å². The van der Waals surface area contributed by atoms with E-state index < -0.39 is 5.97 Å². The molecule has 1 fully saturated rings. The van der Waals surface area contributed by atoms with Crippen molar-refractivity contribution in [1.82, 2.24) is 16.0 Å². The molecule has 1 aliphatic carbocycles. The van der Waals surface area contributed by atoms with Crippen molar-refractivity contribution < 1.29 is 19.5 Å². The molecule has 0 aromatic carbocycles. The second-order valence-electron chi connectivity index (χ2n) is 5.43. The highest BCUT2D eigenvalue weighted by Gasteiger charge is 2.22. The molecule has 1 atom stereocenters. The molecule has 0 heterocycles. The molecule has 7 heteroatoms. The fourth-order valence-corrected chi connectivity index (χ4v) is 2.00. The molecule has 1 unspecified atom stereocenters. The first-order chi connectivity index (χ1) is 10.0. The van der Waals surface area contributed by atoms with E-state index >= 15 is 0 Å². The zero-order chi connectivity index (χ0) is 15.7. The van der Waals surface area contributed by atoms with Crippen LogP contribution in [0.1, 0.15) is 51.9 Å². The fraction of sp³-hybridized carbons (Fsp3) is 0.786. The van der Waals surface area contributed by atoms with Gasteiger partial charge < -0.3 is 21.1 Å². The minimum absolute atomic E-state index is 0.0226.